The third-order valence-electron chi connectivity index (χ3n) is 2.32. The summed E-state index contributed by atoms with van der Waals surface area (Å²) in [5.74, 6) is 0. The minimum Gasteiger partial charge on any atom is -0.446 e. The third kappa shape index (κ3) is 4.49. The van der Waals surface area contributed by atoms with Gasteiger partial charge in [0.15, 0.2) is 0 Å². The molecule has 0 spiro atoms. The van der Waals surface area contributed by atoms with E-state index in [2.05, 4.69) is 0 Å². The molecule has 1 aliphatic rings. The van der Waals surface area contributed by atoms with Gasteiger partial charge in [-0.05, 0) is 26.7 Å². The molecule has 17 heavy (non-hydrogen) atoms. The van der Waals surface area contributed by atoms with Crippen LogP contribution in [0.4, 0.5) is 4.79 Å². The maximum absolute atomic E-state index is 11.7. The molecule has 1 aliphatic heterocycles. The highest BCUT2D eigenvalue weighted by molar-refractivity contribution is 7.87. The number of aliphatic hydroxyl groups is 1. The molecule has 1 heterocycles. The van der Waals surface area contributed by atoms with E-state index in [1.807, 2.05) is 4.72 Å². The lowest BCUT2D eigenvalue weighted by molar-refractivity contribution is 0.110. The summed E-state index contributed by atoms with van der Waals surface area (Å²) in [5, 5.41) is 9.26. The van der Waals surface area contributed by atoms with Crippen LogP contribution >= 0.6 is 0 Å². The molecule has 7 nitrogen and oxygen atoms in total. The molecule has 1 fully saturated rings. The Labute approximate surface area is 101 Å². The first kappa shape index (κ1) is 14.2. The Morgan fingerprint density at radius 1 is 1.41 bits per heavy atom. The Hall–Kier alpha value is -0.860. The second-order valence-corrected chi connectivity index (χ2v) is 5.86. The summed E-state index contributed by atoms with van der Waals surface area (Å²) in [6.45, 7) is 3.66. The van der Waals surface area contributed by atoms with Gasteiger partial charge in [0.2, 0.25) is 0 Å². The zero-order valence-corrected chi connectivity index (χ0v) is 10.7. The fourth-order valence-corrected chi connectivity index (χ4v) is 2.57. The summed E-state index contributed by atoms with van der Waals surface area (Å²) in [5.41, 5.74) is 0. The number of rotatable bonds is 3. The molecule has 1 saturated heterocycles. The molecule has 0 aromatic heterocycles. The van der Waals surface area contributed by atoms with E-state index in [9.17, 15) is 18.3 Å². The van der Waals surface area contributed by atoms with E-state index in [4.69, 9.17) is 4.74 Å². The molecule has 0 atom stereocenters. The van der Waals surface area contributed by atoms with Crippen LogP contribution in [0, 0.1) is 0 Å². The van der Waals surface area contributed by atoms with Crippen molar-refractivity contribution in [3.8, 4) is 0 Å². The molecule has 100 valence electrons. The number of hydrogen-bond donors (Lipinski definition) is 2. The van der Waals surface area contributed by atoms with E-state index in [0.717, 1.165) is 4.31 Å². The molecule has 0 aromatic carbocycles. The lowest BCUT2D eigenvalue weighted by Crippen LogP contribution is -2.48. The summed E-state index contributed by atoms with van der Waals surface area (Å²) in [6, 6.07) is 0. The normalized spacial score (nSPS) is 19.3. The van der Waals surface area contributed by atoms with Gasteiger partial charge in [-0.3, -0.25) is 0 Å². The highest BCUT2D eigenvalue weighted by atomic mass is 32.2. The molecule has 0 unspecified atom stereocenters. The average Bonchev–Trinajstić information content (AvgIpc) is 2.15. The van der Waals surface area contributed by atoms with Crippen LogP contribution in [0.5, 0.6) is 0 Å². The van der Waals surface area contributed by atoms with Crippen molar-refractivity contribution in [3.05, 3.63) is 0 Å². The van der Waals surface area contributed by atoms with Crippen molar-refractivity contribution in [1.29, 1.82) is 0 Å². The van der Waals surface area contributed by atoms with Crippen molar-refractivity contribution in [2.24, 2.45) is 0 Å². The number of carbonyl (C=O) groups excluding carboxylic acids is 1. The lowest BCUT2D eigenvalue weighted by Gasteiger charge is -2.28. The van der Waals surface area contributed by atoms with Gasteiger partial charge in [0.1, 0.15) is 0 Å². The molecule has 0 radical (unpaired) electrons. The van der Waals surface area contributed by atoms with E-state index in [1.54, 1.807) is 13.8 Å². The van der Waals surface area contributed by atoms with Gasteiger partial charge in [0.05, 0.1) is 12.2 Å². The van der Waals surface area contributed by atoms with Crippen LogP contribution in [0.15, 0.2) is 0 Å². The number of nitrogens with one attached hydrogen (secondary N) is 1. The first-order valence-electron chi connectivity index (χ1n) is 5.48. The van der Waals surface area contributed by atoms with Crippen molar-refractivity contribution in [2.45, 2.75) is 38.9 Å². The van der Waals surface area contributed by atoms with Gasteiger partial charge in [-0.15, -0.1) is 0 Å². The Morgan fingerprint density at radius 3 is 2.41 bits per heavy atom. The monoisotopic (exact) mass is 266 g/mol. The Morgan fingerprint density at radius 2 is 1.94 bits per heavy atom. The maximum atomic E-state index is 11.7. The topological polar surface area (TPSA) is 95.9 Å². The molecule has 0 aromatic rings. The molecule has 0 aliphatic carbocycles. The van der Waals surface area contributed by atoms with Gasteiger partial charge < -0.3 is 9.84 Å². The highest BCUT2D eigenvalue weighted by Crippen LogP contribution is 2.12. The fraction of sp³-hybridized carbons (Fsp3) is 0.889. The van der Waals surface area contributed by atoms with Crippen molar-refractivity contribution in [2.75, 3.05) is 13.1 Å². The molecule has 1 rings (SSSR count). The zero-order chi connectivity index (χ0) is 13.1. The second kappa shape index (κ2) is 5.65. The van der Waals surface area contributed by atoms with Gasteiger partial charge in [-0.1, -0.05) is 0 Å². The van der Waals surface area contributed by atoms with Gasteiger partial charge in [-0.2, -0.15) is 12.7 Å². The van der Waals surface area contributed by atoms with Crippen LogP contribution in [0.1, 0.15) is 26.7 Å². The number of ether oxygens (including phenoxy) is 1. The molecule has 1 amide bonds. The fourth-order valence-electron chi connectivity index (χ4n) is 1.49. The third-order valence-corrected chi connectivity index (χ3v) is 3.79. The number of aliphatic hydroxyl groups excluding tert-OH is 1. The average molecular weight is 266 g/mol. The Kier molecular flexibility index (Phi) is 4.72. The van der Waals surface area contributed by atoms with Crippen LogP contribution in [-0.4, -0.2) is 49.2 Å². The predicted molar refractivity (Wildman–Crippen MR) is 60.5 cm³/mol. The number of nitrogens with zero attached hydrogens (tertiary/aromatic N) is 1. The number of amides is 1. The number of piperidine rings is 1. The van der Waals surface area contributed by atoms with Crippen LogP contribution in [0.25, 0.3) is 0 Å². The molecule has 2 N–H and O–H groups in total. The minimum absolute atomic E-state index is 0.200. The Balaban J connectivity index is 2.54. The summed E-state index contributed by atoms with van der Waals surface area (Å²) < 4.78 is 31.1. The molecule has 0 bridgehead atoms. The smallest absolute Gasteiger partial charge is 0.422 e. The largest absolute Gasteiger partial charge is 0.446 e. The van der Waals surface area contributed by atoms with Crippen LogP contribution < -0.4 is 4.72 Å². The van der Waals surface area contributed by atoms with Gasteiger partial charge in [0.25, 0.3) is 0 Å². The minimum atomic E-state index is -3.85. The standard InChI is InChI=1S/C9H18N2O5S/c1-7(2)16-9(13)10-17(14,15)11-5-3-8(12)4-6-11/h7-8,12H,3-6H2,1-2H3,(H,10,13). The van der Waals surface area contributed by atoms with E-state index >= 15 is 0 Å². The summed E-state index contributed by atoms with van der Waals surface area (Å²) in [7, 11) is -3.85. The second-order valence-electron chi connectivity index (χ2n) is 4.19. The maximum Gasteiger partial charge on any atom is 0.422 e. The zero-order valence-electron chi connectivity index (χ0n) is 9.92. The van der Waals surface area contributed by atoms with Gasteiger partial charge in [0, 0.05) is 13.1 Å². The van der Waals surface area contributed by atoms with Crippen LogP contribution in [-0.2, 0) is 14.9 Å². The predicted octanol–water partition coefficient (Wildman–Crippen LogP) is -0.178. The highest BCUT2D eigenvalue weighted by Gasteiger charge is 2.29. The van der Waals surface area contributed by atoms with Gasteiger partial charge in [-0.25, -0.2) is 9.52 Å². The summed E-state index contributed by atoms with van der Waals surface area (Å²) >= 11 is 0. The molecular weight excluding hydrogens is 248 g/mol. The van der Waals surface area contributed by atoms with E-state index < -0.39 is 22.4 Å². The SMILES string of the molecule is CC(C)OC(=O)NS(=O)(=O)N1CCC(O)CC1. The van der Waals surface area contributed by atoms with Crippen molar-refractivity contribution in [1.82, 2.24) is 9.03 Å². The van der Waals surface area contributed by atoms with Crippen LogP contribution in [0.2, 0.25) is 0 Å². The summed E-state index contributed by atoms with van der Waals surface area (Å²) in [6.07, 6.45) is -1.08. The number of carbonyl (C=O) groups is 1. The quantitative estimate of drug-likeness (QED) is 0.739. The molecular formula is C9H18N2O5S. The first-order valence-corrected chi connectivity index (χ1v) is 6.92. The van der Waals surface area contributed by atoms with Crippen molar-refractivity contribution in [3.63, 3.8) is 0 Å². The molecule has 8 heteroatoms. The molecule has 0 saturated carbocycles. The van der Waals surface area contributed by atoms with E-state index in [-0.39, 0.29) is 19.2 Å². The summed E-state index contributed by atoms with van der Waals surface area (Å²) in [4.78, 5) is 11.2. The van der Waals surface area contributed by atoms with Crippen LogP contribution in [0.3, 0.4) is 0 Å². The van der Waals surface area contributed by atoms with E-state index in [0.29, 0.717) is 12.8 Å². The van der Waals surface area contributed by atoms with Gasteiger partial charge >= 0.3 is 16.3 Å². The lowest BCUT2D eigenvalue weighted by atomic mass is 10.1. The van der Waals surface area contributed by atoms with Crippen molar-refractivity contribution < 1.29 is 23.1 Å². The first-order chi connectivity index (χ1) is 7.81. The van der Waals surface area contributed by atoms with E-state index in [1.165, 1.54) is 0 Å². The number of hydrogen-bond acceptors (Lipinski definition) is 5. The Bertz CT molecular complexity index is 360. The van der Waals surface area contributed by atoms with Crippen molar-refractivity contribution >= 4 is 16.3 Å².